The molecule has 1 aromatic heterocycles. The maximum absolute atomic E-state index is 9.60. The van der Waals surface area contributed by atoms with Crippen molar-refractivity contribution in [2.75, 3.05) is 18.5 Å². The summed E-state index contributed by atoms with van der Waals surface area (Å²) < 4.78 is 0. The molecular weight excluding hydrogens is 202 g/mol. The van der Waals surface area contributed by atoms with Crippen LogP contribution in [0.15, 0.2) is 12.4 Å². The van der Waals surface area contributed by atoms with E-state index in [0.29, 0.717) is 17.5 Å². The lowest BCUT2D eigenvalue weighted by molar-refractivity contribution is 0.0884. The van der Waals surface area contributed by atoms with Crippen molar-refractivity contribution >= 4 is 17.4 Å². The lowest BCUT2D eigenvalue weighted by Crippen LogP contribution is -2.36. The number of nitrogens with zero attached hydrogens (tertiary/aromatic N) is 3. The molecule has 0 unspecified atom stereocenters. The van der Waals surface area contributed by atoms with E-state index < -0.39 is 5.60 Å². The van der Waals surface area contributed by atoms with Crippen LogP contribution in [0.5, 0.6) is 0 Å². The summed E-state index contributed by atoms with van der Waals surface area (Å²) in [7, 11) is 1.83. The van der Waals surface area contributed by atoms with Gasteiger partial charge < -0.3 is 10.0 Å². The number of halogens is 1. The van der Waals surface area contributed by atoms with Crippen molar-refractivity contribution in [3.05, 3.63) is 17.5 Å². The van der Waals surface area contributed by atoms with Gasteiger partial charge in [0, 0.05) is 13.6 Å². The fraction of sp³-hybridized carbons (Fsp3) is 0.556. The number of rotatable bonds is 3. The van der Waals surface area contributed by atoms with Gasteiger partial charge in [0.05, 0.1) is 18.0 Å². The summed E-state index contributed by atoms with van der Waals surface area (Å²) in [5, 5.41) is 9.95. The highest BCUT2D eigenvalue weighted by Gasteiger charge is 2.16. The molecule has 0 atom stereocenters. The standard InChI is InChI=1S/C9H14ClN3O/c1-9(2,14)6-13(3)8-5-11-4-7(10)12-8/h4-5,14H,6H2,1-3H3. The zero-order valence-electron chi connectivity index (χ0n) is 8.53. The van der Waals surface area contributed by atoms with Crippen molar-refractivity contribution in [2.45, 2.75) is 19.4 Å². The van der Waals surface area contributed by atoms with Crippen molar-refractivity contribution in [3.8, 4) is 0 Å². The molecule has 5 heteroatoms. The van der Waals surface area contributed by atoms with E-state index in [1.807, 2.05) is 7.05 Å². The van der Waals surface area contributed by atoms with E-state index in [1.54, 1.807) is 24.9 Å². The molecule has 0 aliphatic heterocycles. The van der Waals surface area contributed by atoms with E-state index >= 15 is 0 Å². The van der Waals surface area contributed by atoms with Crippen molar-refractivity contribution in [3.63, 3.8) is 0 Å². The van der Waals surface area contributed by atoms with E-state index in [1.165, 1.54) is 6.20 Å². The molecule has 1 rings (SSSR count). The minimum atomic E-state index is -0.765. The minimum absolute atomic E-state index is 0.352. The van der Waals surface area contributed by atoms with Crippen molar-refractivity contribution < 1.29 is 5.11 Å². The third kappa shape index (κ3) is 3.47. The van der Waals surface area contributed by atoms with Gasteiger partial charge in [-0.15, -0.1) is 0 Å². The van der Waals surface area contributed by atoms with E-state index in [0.717, 1.165) is 0 Å². The first-order valence-corrected chi connectivity index (χ1v) is 4.67. The summed E-state index contributed by atoms with van der Waals surface area (Å²) in [4.78, 5) is 9.80. The molecule has 0 saturated carbocycles. The third-order valence-electron chi connectivity index (χ3n) is 1.61. The van der Waals surface area contributed by atoms with Crippen LogP contribution in [0, 0.1) is 0 Å². The second-order valence-electron chi connectivity index (χ2n) is 3.87. The van der Waals surface area contributed by atoms with Crippen LogP contribution in [0.3, 0.4) is 0 Å². The summed E-state index contributed by atoms with van der Waals surface area (Å²) >= 11 is 5.70. The van der Waals surface area contributed by atoms with Gasteiger partial charge in [-0.3, -0.25) is 4.98 Å². The van der Waals surface area contributed by atoms with Crippen LogP contribution in [0.25, 0.3) is 0 Å². The van der Waals surface area contributed by atoms with Gasteiger partial charge in [-0.2, -0.15) is 0 Å². The molecule has 78 valence electrons. The average Bonchev–Trinajstić information content (AvgIpc) is 2.01. The highest BCUT2D eigenvalue weighted by molar-refractivity contribution is 6.29. The second kappa shape index (κ2) is 4.11. The van der Waals surface area contributed by atoms with Gasteiger partial charge in [0.15, 0.2) is 0 Å². The Hall–Kier alpha value is -0.870. The van der Waals surface area contributed by atoms with Crippen LogP contribution < -0.4 is 4.90 Å². The van der Waals surface area contributed by atoms with Gasteiger partial charge in [-0.1, -0.05) is 11.6 Å². The van der Waals surface area contributed by atoms with Gasteiger partial charge in [-0.05, 0) is 13.8 Å². The number of hydrogen-bond donors (Lipinski definition) is 1. The Balaban J connectivity index is 2.74. The van der Waals surface area contributed by atoms with Crippen LogP contribution in [-0.4, -0.2) is 34.3 Å². The van der Waals surface area contributed by atoms with Crippen molar-refractivity contribution in [1.29, 1.82) is 0 Å². The highest BCUT2D eigenvalue weighted by atomic mass is 35.5. The first-order chi connectivity index (χ1) is 6.38. The van der Waals surface area contributed by atoms with E-state index in [2.05, 4.69) is 9.97 Å². The number of likely N-dealkylation sites (N-methyl/N-ethyl adjacent to an activating group) is 1. The number of aromatic nitrogens is 2. The van der Waals surface area contributed by atoms with Crippen LogP contribution >= 0.6 is 11.6 Å². The normalized spacial score (nSPS) is 11.5. The Morgan fingerprint density at radius 2 is 2.14 bits per heavy atom. The van der Waals surface area contributed by atoms with Gasteiger partial charge in [-0.25, -0.2) is 4.98 Å². The van der Waals surface area contributed by atoms with E-state index in [4.69, 9.17) is 11.6 Å². The molecule has 1 heterocycles. The predicted molar refractivity (Wildman–Crippen MR) is 56.6 cm³/mol. The smallest absolute Gasteiger partial charge is 0.149 e. The lowest BCUT2D eigenvalue weighted by atomic mass is 10.1. The molecule has 1 N–H and O–H groups in total. The maximum atomic E-state index is 9.60. The van der Waals surface area contributed by atoms with Gasteiger partial charge >= 0.3 is 0 Å². The zero-order chi connectivity index (χ0) is 10.8. The Bertz CT molecular complexity index is 311. The van der Waals surface area contributed by atoms with Crippen molar-refractivity contribution in [2.24, 2.45) is 0 Å². The Morgan fingerprint density at radius 1 is 1.50 bits per heavy atom. The molecule has 0 saturated heterocycles. The number of aliphatic hydroxyl groups is 1. The van der Waals surface area contributed by atoms with Gasteiger partial charge in [0.1, 0.15) is 11.0 Å². The maximum Gasteiger partial charge on any atom is 0.149 e. The Morgan fingerprint density at radius 3 is 2.64 bits per heavy atom. The highest BCUT2D eigenvalue weighted by Crippen LogP contribution is 2.13. The largest absolute Gasteiger partial charge is 0.389 e. The molecule has 0 fully saturated rings. The SMILES string of the molecule is CN(CC(C)(C)O)c1cncc(Cl)n1. The monoisotopic (exact) mass is 215 g/mol. The minimum Gasteiger partial charge on any atom is -0.389 e. The van der Waals surface area contributed by atoms with Gasteiger partial charge in [0.25, 0.3) is 0 Å². The third-order valence-corrected chi connectivity index (χ3v) is 1.79. The zero-order valence-corrected chi connectivity index (χ0v) is 9.28. The fourth-order valence-electron chi connectivity index (χ4n) is 1.18. The molecule has 0 spiro atoms. The molecule has 0 aliphatic carbocycles. The van der Waals surface area contributed by atoms with Crippen LogP contribution in [0.2, 0.25) is 5.15 Å². The van der Waals surface area contributed by atoms with E-state index in [-0.39, 0.29) is 0 Å². The molecule has 0 amide bonds. The summed E-state index contributed by atoms with van der Waals surface area (Å²) in [6.07, 6.45) is 3.08. The lowest BCUT2D eigenvalue weighted by Gasteiger charge is -2.25. The molecule has 4 nitrogen and oxygen atoms in total. The van der Waals surface area contributed by atoms with E-state index in [9.17, 15) is 5.11 Å². The fourth-order valence-corrected chi connectivity index (χ4v) is 1.32. The summed E-state index contributed by atoms with van der Waals surface area (Å²) in [6, 6.07) is 0. The quantitative estimate of drug-likeness (QED) is 0.827. The average molecular weight is 216 g/mol. The molecule has 0 radical (unpaired) electrons. The first kappa shape index (κ1) is 11.2. The molecular formula is C9H14ClN3O. The molecule has 1 aromatic rings. The molecule has 0 bridgehead atoms. The van der Waals surface area contributed by atoms with Gasteiger partial charge in [0.2, 0.25) is 0 Å². The molecule has 14 heavy (non-hydrogen) atoms. The van der Waals surface area contributed by atoms with Crippen molar-refractivity contribution in [1.82, 2.24) is 9.97 Å². The summed E-state index contributed by atoms with van der Waals surface area (Å²) in [5.74, 6) is 0.652. The topological polar surface area (TPSA) is 49.2 Å². The predicted octanol–water partition coefficient (Wildman–Crippen LogP) is 1.34. The Labute approximate surface area is 88.6 Å². The second-order valence-corrected chi connectivity index (χ2v) is 4.26. The summed E-state index contributed by atoms with van der Waals surface area (Å²) in [6.45, 7) is 3.95. The number of hydrogen-bond acceptors (Lipinski definition) is 4. The van der Waals surface area contributed by atoms with Crippen LogP contribution in [-0.2, 0) is 0 Å². The molecule has 0 aliphatic rings. The van der Waals surface area contributed by atoms with Crippen LogP contribution in [0.4, 0.5) is 5.82 Å². The number of anilines is 1. The Kier molecular flexibility index (Phi) is 3.29. The van der Waals surface area contributed by atoms with Crippen LogP contribution in [0.1, 0.15) is 13.8 Å². The first-order valence-electron chi connectivity index (χ1n) is 4.29. The summed E-state index contributed by atoms with van der Waals surface area (Å²) in [5.41, 5.74) is -0.765. The molecule has 0 aromatic carbocycles.